The molecule has 1 fully saturated rings. The molecule has 1 saturated heterocycles. The molecular weight excluding hydrogens is 663 g/mol. The van der Waals surface area contributed by atoms with Crippen molar-refractivity contribution in [1.82, 2.24) is 25.3 Å². The average Bonchev–Trinajstić information content (AvgIpc) is 3.96. The Morgan fingerprint density at radius 1 is 1.02 bits per heavy atom. The van der Waals surface area contributed by atoms with Crippen LogP contribution in [-0.4, -0.2) is 56.8 Å². The van der Waals surface area contributed by atoms with Gasteiger partial charge in [-0.3, -0.25) is 14.7 Å². The number of carbonyl (C=O) groups excluding carboxylic acids is 2. The zero-order valence-electron chi connectivity index (χ0n) is 30.5. The fraction of sp³-hybridized carbons (Fsp3) is 0.286. The van der Waals surface area contributed by atoms with Crippen LogP contribution >= 0.6 is 0 Å². The molecule has 11 nitrogen and oxygen atoms in total. The first-order valence-electron chi connectivity index (χ1n) is 18.3. The van der Waals surface area contributed by atoms with Gasteiger partial charge in [0.15, 0.2) is 5.82 Å². The van der Waals surface area contributed by atoms with E-state index in [0.29, 0.717) is 36.0 Å². The first-order chi connectivity index (χ1) is 25.7. The van der Waals surface area contributed by atoms with Gasteiger partial charge in [0.05, 0.1) is 41.5 Å². The zero-order valence-corrected chi connectivity index (χ0v) is 30.5. The van der Waals surface area contributed by atoms with E-state index in [0.717, 1.165) is 59.1 Å². The van der Waals surface area contributed by atoms with Gasteiger partial charge in [0.1, 0.15) is 5.69 Å². The largest absolute Gasteiger partial charge is 0.366 e. The number of aryl methyl sites for hydroxylation is 1. The Balaban J connectivity index is 0.881. The number of benzene rings is 2. The van der Waals surface area contributed by atoms with Gasteiger partial charge in [0.2, 0.25) is 5.91 Å². The van der Waals surface area contributed by atoms with Crippen molar-refractivity contribution in [2.75, 3.05) is 28.2 Å². The van der Waals surface area contributed by atoms with Crippen LogP contribution in [0.5, 0.6) is 0 Å². The third-order valence-corrected chi connectivity index (χ3v) is 10.5. The lowest BCUT2D eigenvalue weighted by Gasteiger charge is -2.36. The maximum atomic E-state index is 13.9. The fourth-order valence-corrected chi connectivity index (χ4v) is 7.55. The van der Waals surface area contributed by atoms with Crippen LogP contribution in [0.1, 0.15) is 51.3 Å². The molecule has 0 spiro atoms. The smallest absolute Gasteiger partial charge is 0.327 e. The van der Waals surface area contributed by atoms with E-state index in [1.807, 2.05) is 59.5 Å². The number of fused-ring (bicyclic) bond motifs is 4. The van der Waals surface area contributed by atoms with Gasteiger partial charge in [-0.15, -0.1) is 5.10 Å². The van der Waals surface area contributed by atoms with E-state index in [2.05, 4.69) is 83.9 Å². The number of carbonyl (C=O) groups is 2. The number of nitrogens with zero attached hydrogens (tertiary/aromatic N) is 7. The van der Waals surface area contributed by atoms with E-state index in [-0.39, 0.29) is 24.5 Å². The average molecular weight is 706 g/mol. The topological polar surface area (TPSA) is 121 Å². The summed E-state index contributed by atoms with van der Waals surface area (Å²) in [4.78, 5) is 40.5. The molecule has 268 valence electrons. The van der Waals surface area contributed by atoms with Crippen LogP contribution in [0.15, 0.2) is 119 Å². The highest BCUT2D eigenvalue weighted by Gasteiger charge is 2.40. The number of amides is 3. The number of anilines is 3. The standard InChI is InChI=1S/C42H43N9O2/c1-26-7-5-8-30(19-26)38-14-15-39-41(46-38)51(36-17-18-49(39)25-36)42(53)45-32-9-6-10-35(21-32)50-24-34(47-48-50)23-43-40(52)16-13-31-11-12-33(44-31)22-37-28(3)20-27(2)29(37)4/h5-12,14-15,19-22,24,29,36H,13,16-18,23,25H2,1-4H3,(H,43,52)(H,45,53)/b33-22-/t29?,36-/m0/s1. The van der Waals surface area contributed by atoms with E-state index in [1.165, 1.54) is 16.7 Å². The molecule has 53 heavy (non-hydrogen) atoms. The number of hydrogen-bond acceptors (Lipinski definition) is 7. The molecule has 4 aromatic rings. The molecule has 2 bridgehead atoms. The van der Waals surface area contributed by atoms with Gasteiger partial charge in [0.25, 0.3) is 0 Å². The van der Waals surface area contributed by atoms with Gasteiger partial charge in [-0.1, -0.05) is 53.6 Å². The van der Waals surface area contributed by atoms with Crippen molar-refractivity contribution in [2.45, 2.75) is 59.5 Å². The van der Waals surface area contributed by atoms with Crippen LogP contribution in [0.2, 0.25) is 0 Å². The Morgan fingerprint density at radius 3 is 2.72 bits per heavy atom. The number of rotatable bonds is 9. The van der Waals surface area contributed by atoms with Crippen molar-refractivity contribution < 1.29 is 9.59 Å². The second-order valence-electron chi connectivity index (χ2n) is 14.3. The van der Waals surface area contributed by atoms with Crippen LogP contribution in [-0.2, 0) is 11.3 Å². The molecular formula is C42H43N9O2. The third kappa shape index (κ3) is 7.06. The van der Waals surface area contributed by atoms with Gasteiger partial charge in [-0.05, 0) is 99.4 Å². The molecule has 1 unspecified atom stereocenters. The minimum absolute atomic E-state index is 0.0332. The molecule has 4 aliphatic rings. The van der Waals surface area contributed by atoms with Crippen molar-refractivity contribution in [1.29, 1.82) is 0 Å². The maximum absolute atomic E-state index is 13.9. The van der Waals surface area contributed by atoms with Crippen molar-refractivity contribution >= 4 is 34.8 Å². The number of urea groups is 1. The summed E-state index contributed by atoms with van der Waals surface area (Å²) in [5.74, 6) is 1.00. The monoisotopic (exact) mass is 705 g/mol. The molecule has 11 heteroatoms. The fourth-order valence-electron chi connectivity index (χ4n) is 7.55. The van der Waals surface area contributed by atoms with Crippen LogP contribution < -0.4 is 20.4 Å². The number of aromatic nitrogens is 4. The van der Waals surface area contributed by atoms with Gasteiger partial charge < -0.3 is 15.5 Å². The van der Waals surface area contributed by atoms with Crippen molar-refractivity contribution in [3.8, 4) is 16.9 Å². The van der Waals surface area contributed by atoms with Crippen molar-refractivity contribution in [2.24, 2.45) is 10.9 Å². The number of allylic oxidation sites excluding steroid dienone is 7. The lowest BCUT2D eigenvalue weighted by atomic mass is 9.97. The van der Waals surface area contributed by atoms with Crippen LogP contribution in [0.3, 0.4) is 0 Å². The highest BCUT2D eigenvalue weighted by Crippen LogP contribution is 2.40. The molecule has 3 aliphatic heterocycles. The predicted molar refractivity (Wildman–Crippen MR) is 209 cm³/mol. The van der Waals surface area contributed by atoms with Crippen LogP contribution in [0, 0.1) is 12.8 Å². The van der Waals surface area contributed by atoms with E-state index in [4.69, 9.17) is 9.98 Å². The number of hydrogen-bond donors (Lipinski definition) is 2. The van der Waals surface area contributed by atoms with Gasteiger partial charge in [0, 0.05) is 42.4 Å². The highest BCUT2D eigenvalue weighted by atomic mass is 16.2. The minimum Gasteiger partial charge on any atom is -0.366 e. The molecule has 2 aromatic carbocycles. The van der Waals surface area contributed by atoms with Crippen molar-refractivity contribution in [3.05, 3.63) is 125 Å². The number of aliphatic imine (C=N–C) groups is 1. The van der Waals surface area contributed by atoms with E-state index < -0.39 is 0 Å². The zero-order chi connectivity index (χ0) is 36.6. The summed E-state index contributed by atoms with van der Waals surface area (Å²) in [5, 5.41) is 14.6. The van der Waals surface area contributed by atoms with Gasteiger partial charge in [-0.2, -0.15) is 0 Å². The summed E-state index contributed by atoms with van der Waals surface area (Å²) in [6.07, 6.45) is 11.9. The molecule has 2 aromatic heterocycles. The highest BCUT2D eigenvalue weighted by molar-refractivity contribution is 6.05. The Labute approximate surface area is 309 Å². The Kier molecular flexibility index (Phi) is 9.07. The Hall–Kier alpha value is -6.10. The Bertz CT molecular complexity index is 2280. The van der Waals surface area contributed by atoms with Crippen LogP contribution in [0.25, 0.3) is 16.9 Å². The summed E-state index contributed by atoms with van der Waals surface area (Å²) >= 11 is 0. The second kappa shape index (κ2) is 14.1. The first kappa shape index (κ1) is 34.0. The maximum Gasteiger partial charge on any atom is 0.327 e. The molecule has 8 rings (SSSR count). The molecule has 0 radical (unpaired) electrons. The van der Waals surface area contributed by atoms with Gasteiger partial charge >= 0.3 is 6.03 Å². The molecule has 2 N–H and O–H groups in total. The van der Waals surface area contributed by atoms with E-state index >= 15 is 0 Å². The number of pyridine rings is 1. The van der Waals surface area contributed by atoms with Crippen molar-refractivity contribution in [3.63, 3.8) is 0 Å². The summed E-state index contributed by atoms with van der Waals surface area (Å²) < 4.78 is 1.64. The molecule has 1 aliphatic carbocycles. The minimum atomic E-state index is -0.222. The summed E-state index contributed by atoms with van der Waals surface area (Å²) in [6, 6.07) is 19.7. The first-order valence-corrected chi connectivity index (χ1v) is 18.3. The summed E-state index contributed by atoms with van der Waals surface area (Å²) in [5.41, 5.74) is 11.8. The van der Waals surface area contributed by atoms with E-state index in [9.17, 15) is 9.59 Å². The molecule has 2 atom stereocenters. The number of nitrogens with one attached hydrogen (secondary N) is 2. The summed E-state index contributed by atoms with van der Waals surface area (Å²) in [7, 11) is 0. The Morgan fingerprint density at radius 2 is 1.89 bits per heavy atom. The quantitative estimate of drug-likeness (QED) is 0.186. The van der Waals surface area contributed by atoms with Gasteiger partial charge in [-0.25, -0.2) is 14.5 Å². The summed E-state index contributed by atoms with van der Waals surface area (Å²) in [6.45, 7) is 10.5. The molecule has 5 heterocycles. The molecule has 3 amide bonds. The normalized spacial score (nSPS) is 19.5. The SMILES string of the molecule is CC1=CC(C)=C(/C=C2/C=CC(CCC(=O)NCc3cn(-c4cccc(NC(=O)N5c6nc(-c7cccc(C)c7)ccc6N6CC[C@H]5C6)c4)nn3)=N2)C1C. The lowest BCUT2D eigenvalue weighted by Crippen LogP contribution is -2.48. The second-order valence-corrected chi connectivity index (χ2v) is 14.3. The third-order valence-electron chi connectivity index (χ3n) is 10.5. The van der Waals surface area contributed by atoms with E-state index in [1.54, 1.807) is 10.9 Å². The predicted octanol–water partition coefficient (Wildman–Crippen LogP) is 7.47. The molecule has 0 saturated carbocycles. The lowest BCUT2D eigenvalue weighted by molar-refractivity contribution is -0.121. The van der Waals surface area contributed by atoms with Crippen LogP contribution in [0.4, 0.5) is 22.0 Å².